The van der Waals surface area contributed by atoms with Crippen LogP contribution in [0.5, 0.6) is 0 Å². The SMILES string of the molecule is CC(O)C(NC(=O)C(CCC(=O)O)NC(=O)CNC(=O)C1CCCN1)C(=O)O. The molecule has 0 radical (unpaired) electrons. The fraction of sp³-hybridized carbons (Fsp3) is 0.688. The van der Waals surface area contributed by atoms with Crippen LogP contribution in [0, 0.1) is 0 Å². The van der Waals surface area contributed by atoms with E-state index in [4.69, 9.17) is 10.2 Å². The summed E-state index contributed by atoms with van der Waals surface area (Å²) in [6.45, 7) is 1.44. The summed E-state index contributed by atoms with van der Waals surface area (Å²) in [5.41, 5.74) is 0. The molecule has 0 aromatic heterocycles. The molecule has 28 heavy (non-hydrogen) atoms. The van der Waals surface area contributed by atoms with Crippen molar-refractivity contribution in [3.63, 3.8) is 0 Å². The minimum Gasteiger partial charge on any atom is -0.481 e. The quantitative estimate of drug-likeness (QED) is 0.190. The molecule has 0 aromatic rings. The van der Waals surface area contributed by atoms with E-state index >= 15 is 0 Å². The van der Waals surface area contributed by atoms with E-state index in [1.54, 1.807) is 0 Å². The van der Waals surface area contributed by atoms with Gasteiger partial charge in [0, 0.05) is 6.42 Å². The molecular formula is C16H26N4O8. The Morgan fingerprint density at radius 2 is 1.82 bits per heavy atom. The standard InChI is InChI=1S/C16H26N4O8/c1-8(21)13(16(27)28)20-15(26)10(4-5-12(23)24)19-11(22)7-18-14(25)9-3-2-6-17-9/h8-10,13,17,21H,2-7H2,1H3,(H,18,25)(H,19,22)(H,20,26)(H,23,24)(H,27,28). The Bertz CT molecular complexity index is 603. The lowest BCUT2D eigenvalue weighted by Gasteiger charge is -2.22. The molecule has 3 amide bonds. The third-order valence-corrected chi connectivity index (χ3v) is 4.14. The first kappa shape index (κ1) is 23.3. The zero-order chi connectivity index (χ0) is 21.3. The molecule has 1 aliphatic heterocycles. The van der Waals surface area contributed by atoms with Gasteiger partial charge in [0.2, 0.25) is 17.7 Å². The molecule has 0 aliphatic carbocycles. The van der Waals surface area contributed by atoms with Crippen LogP contribution in [0.25, 0.3) is 0 Å². The smallest absolute Gasteiger partial charge is 0.328 e. The molecule has 0 bridgehead atoms. The summed E-state index contributed by atoms with van der Waals surface area (Å²) < 4.78 is 0. The van der Waals surface area contributed by atoms with Crippen LogP contribution in [0.1, 0.15) is 32.6 Å². The van der Waals surface area contributed by atoms with Crippen molar-refractivity contribution >= 4 is 29.7 Å². The summed E-state index contributed by atoms with van der Waals surface area (Å²) >= 11 is 0. The summed E-state index contributed by atoms with van der Waals surface area (Å²) in [6, 6.07) is -3.35. The molecule has 1 fully saturated rings. The first-order valence-corrected chi connectivity index (χ1v) is 8.85. The predicted molar refractivity (Wildman–Crippen MR) is 94.1 cm³/mol. The van der Waals surface area contributed by atoms with Gasteiger partial charge in [-0.25, -0.2) is 4.79 Å². The van der Waals surface area contributed by atoms with Crippen LogP contribution >= 0.6 is 0 Å². The van der Waals surface area contributed by atoms with Crippen molar-refractivity contribution in [1.82, 2.24) is 21.3 Å². The zero-order valence-electron chi connectivity index (χ0n) is 15.4. The van der Waals surface area contributed by atoms with Crippen LogP contribution in [-0.2, 0) is 24.0 Å². The van der Waals surface area contributed by atoms with Gasteiger partial charge in [-0.2, -0.15) is 0 Å². The average molecular weight is 402 g/mol. The summed E-state index contributed by atoms with van der Waals surface area (Å²) in [6.07, 6.45) is -0.668. The maximum Gasteiger partial charge on any atom is 0.328 e. The van der Waals surface area contributed by atoms with Gasteiger partial charge < -0.3 is 36.6 Å². The van der Waals surface area contributed by atoms with Crippen molar-refractivity contribution in [2.75, 3.05) is 13.1 Å². The van der Waals surface area contributed by atoms with Crippen molar-refractivity contribution in [2.45, 2.75) is 56.8 Å². The summed E-state index contributed by atoms with van der Waals surface area (Å²) in [4.78, 5) is 58.0. The van der Waals surface area contributed by atoms with E-state index in [1.807, 2.05) is 0 Å². The molecule has 0 aromatic carbocycles. The maximum atomic E-state index is 12.3. The maximum absolute atomic E-state index is 12.3. The molecule has 0 saturated carbocycles. The van der Waals surface area contributed by atoms with Gasteiger partial charge >= 0.3 is 11.9 Å². The van der Waals surface area contributed by atoms with Gasteiger partial charge in [-0.3, -0.25) is 19.2 Å². The van der Waals surface area contributed by atoms with Gasteiger partial charge in [-0.15, -0.1) is 0 Å². The molecule has 12 heteroatoms. The highest BCUT2D eigenvalue weighted by atomic mass is 16.4. The third-order valence-electron chi connectivity index (χ3n) is 4.14. The molecule has 1 aliphatic rings. The van der Waals surface area contributed by atoms with Crippen LogP contribution in [0.4, 0.5) is 0 Å². The first-order chi connectivity index (χ1) is 13.1. The highest BCUT2D eigenvalue weighted by Crippen LogP contribution is 2.04. The number of nitrogens with one attached hydrogen (secondary N) is 4. The highest BCUT2D eigenvalue weighted by molar-refractivity contribution is 5.92. The average Bonchev–Trinajstić information content (AvgIpc) is 3.14. The van der Waals surface area contributed by atoms with Crippen LogP contribution in [0.3, 0.4) is 0 Å². The van der Waals surface area contributed by atoms with Crippen molar-refractivity contribution in [2.24, 2.45) is 0 Å². The van der Waals surface area contributed by atoms with Crippen LogP contribution in [0.2, 0.25) is 0 Å². The molecule has 1 heterocycles. The fourth-order valence-electron chi connectivity index (χ4n) is 2.62. The number of carboxylic acid groups (broad SMARTS) is 2. The number of aliphatic hydroxyl groups is 1. The van der Waals surface area contributed by atoms with E-state index in [9.17, 15) is 29.1 Å². The second-order valence-corrected chi connectivity index (χ2v) is 6.48. The van der Waals surface area contributed by atoms with Crippen LogP contribution in [-0.4, -0.2) is 82.3 Å². The summed E-state index contributed by atoms with van der Waals surface area (Å²) in [5.74, 6) is -4.74. The van der Waals surface area contributed by atoms with Gasteiger partial charge in [0.05, 0.1) is 18.7 Å². The monoisotopic (exact) mass is 402 g/mol. The molecule has 1 saturated heterocycles. The van der Waals surface area contributed by atoms with E-state index in [0.717, 1.165) is 13.3 Å². The summed E-state index contributed by atoms with van der Waals surface area (Å²) in [7, 11) is 0. The number of hydrogen-bond acceptors (Lipinski definition) is 7. The van der Waals surface area contributed by atoms with Gasteiger partial charge in [0.15, 0.2) is 6.04 Å². The number of carbonyl (C=O) groups is 5. The molecule has 12 nitrogen and oxygen atoms in total. The minimum absolute atomic E-state index is 0.294. The molecule has 4 atom stereocenters. The van der Waals surface area contributed by atoms with Crippen molar-refractivity contribution in [1.29, 1.82) is 0 Å². The van der Waals surface area contributed by atoms with Gasteiger partial charge in [0.1, 0.15) is 6.04 Å². The number of carbonyl (C=O) groups excluding carboxylic acids is 3. The number of aliphatic hydroxyl groups excluding tert-OH is 1. The Morgan fingerprint density at radius 3 is 2.32 bits per heavy atom. The second kappa shape index (κ2) is 11.2. The van der Waals surface area contributed by atoms with Gasteiger partial charge in [-0.05, 0) is 32.7 Å². The van der Waals surface area contributed by atoms with E-state index in [-0.39, 0.29) is 18.4 Å². The lowest BCUT2D eigenvalue weighted by atomic mass is 10.1. The second-order valence-electron chi connectivity index (χ2n) is 6.48. The Morgan fingerprint density at radius 1 is 1.14 bits per heavy atom. The highest BCUT2D eigenvalue weighted by Gasteiger charge is 2.30. The number of hydrogen-bond donors (Lipinski definition) is 7. The van der Waals surface area contributed by atoms with Crippen molar-refractivity contribution in [3.05, 3.63) is 0 Å². The number of rotatable bonds is 11. The molecule has 1 rings (SSSR count). The number of aliphatic carboxylic acids is 2. The van der Waals surface area contributed by atoms with Gasteiger partial charge in [-0.1, -0.05) is 0 Å². The van der Waals surface area contributed by atoms with Crippen LogP contribution in [0.15, 0.2) is 0 Å². The van der Waals surface area contributed by atoms with E-state index < -0.39 is 54.9 Å². The predicted octanol–water partition coefficient (Wildman–Crippen LogP) is -2.85. The minimum atomic E-state index is -1.62. The molecule has 4 unspecified atom stereocenters. The van der Waals surface area contributed by atoms with E-state index in [2.05, 4.69) is 21.3 Å². The van der Waals surface area contributed by atoms with Crippen molar-refractivity contribution < 1.29 is 39.3 Å². The molecule has 158 valence electrons. The fourth-order valence-corrected chi connectivity index (χ4v) is 2.62. The lowest BCUT2D eigenvalue weighted by Crippen LogP contribution is -2.56. The molecule has 0 spiro atoms. The van der Waals surface area contributed by atoms with Gasteiger partial charge in [0.25, 0.3) is 0 Å². The molecular weight excluding hydrogens is 376 g/mol. The lowest BCUT2D eigenvalue weighted by molar-refractivity contribution is -0.145. The Kier molecular flexibility index (Phi) is 9.32. The zero-order valence-corrected chi connectivity index (χ0v) is 15.4. The van der Waals surface area contributed by atoms with E-state index in [1.165, 1.54) is 0 Å². The van der Waals surface area contributed by atoms with Crippen LogP contribution < -0.4 is 21.3 Å². The topological polar surface area (TPSA) is 194 Å². The molecule has 7 N–H and O–H groups in total. The Balaban J connectivity index is 2.64. The number of amides is 3. The summed E-state index contributed by atoms with van der Waals surface area (Å²) in [5, 5.41) is 37.0. The largest absolute Gasteiger partial charge is 0.481 e. The van der Waals surface area contributed by atoms with Crippen molar-refractivity contribution in [3.8, 4) is 0 Å². The Hall–Kier alpha value is -2.73. The third kappa shape index (κ3) is 7.88. The Labute approximate surface area is 161 Å². The normalized spacial score (nSPS) is 19.1. The first-order valence-electron chi connectivity index (χ1n) is 8.85. The van der Waals surface area contributed by atoms with E-state index in [0.29, 0.717) is 13.0 Å². The number of carboxylic acids is 2.